The summed E-state index contributed by atoms with van der Waals surface area (Å²) in [6.45, 7) is 1.83. The van der Waals surface area contributed by atoms with Gasteiger partial charge in [0.2, 0.25) is 5.91 Å². The molecule has 1 aliphatic carbocycles. The molecule has 0 spiro atoms. The number of hydrogen-bond acceptors (Lipinski definition) is 4. The highest BCUT2D eigenvalue weighted by atomic mass is 35.5. The van der Waals surface area contributed by atoms with E-state index in [2.05, 4.69) is 5.32 Å². The first-order chi connectivity index (χ1) is 9.02. The molecule has 1 N–H and O–H groups in total. The van der Waals surface area contributed by atoms with E-state index in [1.165, 1.54) is 4.90 Å². The van der Waals surface area contributed by atoms with Gasteiger partial charge in [0, 0.05) is 11.4 Å². The van der Waals surface area contributed by atoms with Crippen LogP contribution in [0.5, 0.6) is 0 Å². The van der Waals surface area contributed by atoms with E-state index < -0.39 is 12.0 Å². The van der Waals surface area contributed by atoms with Crippen molar-refractivity contribution in [2.75, 3.05) is 13.2 Å². The second kappa shape index (κ2) is 5.77. The number of esters is 1. The predicted molar refractivity (Wildman–Crippen MR) is 67.6 cm³/mol. The van der Waals surface area contributed by atoms with Crippen LogP contribution in [0.15, 0.2) is 0 Å². The highest BCUT2D eigenvalue weighted by molar-refractivity contribution is 6.20. The number of fused-ring (bicyclic) bond motifs is 1. The molecule has 2 aliphatic rings. The zero-order valence-corrected chi connectivity index (χ0v) is 11.5. The van der Waals surface area contributed by atoms with Crippen LogP contribution in [0.1, 0.15) is 26.2 Å². The van der Waals surface area contributed by atoms with Gasteiger partial charge in [0.1, 0.15) is 6.54 Å². The van der Waals surface area contributed by atoms with Crippen LogP contribution >= 0.6 is 11.6 Å². The molecule has 1 aliphatic heterocycles. The van der Waals surface area contributed by atoms with Crippen molar-refractivity contribution in [2.45, 2.75) is 37.6 Å². The van der Waals surface area contributed by atoms with Crippen LogP contribution in [0.4, 0.5) is 4.79 Å². The van der Waals surface area contributed by atoms with Crippen LogP contribution in [0, 0.1) is 5.92 Å². The fourth-order valence-corrected chi connectivity index (χ4v) is 3.01. The fourth-order valence-electron chi connectivity index (χ4n) is 2.70. The first kappa shape index (κ1) is 14.1. The Labute approximate surface area is 116 Å². The summed E-state index contributed by atoms with van der Waals surface area (Å²) in [4.78, 5) is 36.5. The van der Waals surface area contributed by atoms with Crippen molar-refractivity contribution in [3.8, 4) is 0 Å². The van der Waals surface area contributed by atoms with Crippen molar-refractivity contribution in [1.29, 1.82) is 0 Å². The molecular formula is C12H17ClN2O4. The molecule has 3 atom stereocenters. The molecule has 1 heterocycles. The number of halogens is 1. The quantitative estimate of drug-likeness (QED) is 0.618. The minimum absolute atomic E-state index is 0.0651. The van der Waals surface area contributed by atoms with Crippen molar-refractivity contribution in [3.05, 3.63) is 0 Å². The molecular weight excluding hydrogens is 272 g/mol. The van der Waals surface area contributed by atoms with Crippen LogP contribution in [0.25, 0.3) is 0 Å². The first-order valence-electron chi connectivity index (χ1n) is 6.44. The molecule has 1 saturated heterocycles. The lowest BCUT2D eigenvalue weighted by Crippen LogP contribution is -2.62. The van der Waals surface area contributed by atoms with Gasteiger partial charge in [-0.1, -0.05) is 0 Å². The Morgan fingerprint density at radius 3 is 2.89 bits per heavy atom. The number of rotatable bonds is 3. The van der Waals surface area contributed by atoms with E-state index in [1.54, 1.807) is 6.92 Å². The van der Waals surface area contributed by atoms with E-state index in [0.717, 1.165) is 6.42 Å². The second-order valence-electron chi connectivity index (χ2n) is 4.81. The van der Waals surface area contributed by atoms with E-state index >= 15 is 0 Å². The Hall–Kier alpha value is -1.30. The summed E-state index contributed by atoms with van der Waals surface area (Å²) in [6.07, 6.45) is 1.92. The van der Waals surface area contributed by atoms with Gasteiger partial charge < -0.3 is 9.64 Å². The lowest BCUT2D eigenvalue weighted by molar-refractivity contribution is -0.146. The lowest BCUT2D eigenvalue weighted by Gasteiger charge is -2.43. The van der Waals surface area contributed by atoms with Crippen LogP contribution in [0.3, 0.4) is 0 Å². The molecule has 3 amide bonds. The summed E-state index contributed by atoms with van der Waals surface area (Å²) in [5.41, 5.74) is 0. The van der Waals surface area contributed by atoms with Crippen molar-refractivity contribution < 1.29 is 19.1 Å². The summed E-state index contributed by atoms with van der Waals surface area (Å²) in [6, 6.07) is -0.841. The van der Waals surface area contributed by atoms with Crippen molar-refractivity contribution >= 4 is 29.5 Å². The molecule has 106 valence electrons. The van der Waals surface area contributed by atoms with Gasteiger partial charge >= 0.3 is 12.0 Å². The van der Waals surface area contributed by atoms with E-state index in [1.807, 2.05) is 0 Å². The largest absolute Gasteiger partial charge is 0.465 e. The lowest BCUT2D eigenvalue weighted by atomic mass is 9.81. The smallest absolute Gasteiger partial charge is 0.325 e. The van der Waals surface area contributed by atoms with Gasteiger partial charge in [0.25, 0.3) is 0 Å². The number of carbonyl (C=O) groups is 3. The summed E-state index contributed by atoms with van der Waals surface area (Å²) >= 11 is 6.11. The van der Waals surface area contributed by atoms with Gasteiger partial charge in [-0.2, -0.15) is 0 Å². The third kappa shape index (κ3) is 3.00. The van der Waals surface area contributed by atoms with Crippen LogP contribution in [0.2, 0.25) is 0 Å². The minimum Gasteiger partial charge on any atom is -0.465 e. The number of alkyl halides is 1. The summed E-state index contributed by atoms with van der Waals surface area (Å²) in [7, 11) is 0. The normalized spacial score (nSPS) is 30.6. The van der Waals surface area contributed by atoms with Crippen LogP contribution in [-0.2, 0) is 14.3 Å². The monoisotopic (exact) mass is 288 g/mol. The Morgan fingerprint density at radius 1 is 1.47 bits per heavy atom. The number of nitrogens with zero attached hydrogens (tertiary/aromatic N) is 1. The molecule has 6 nitrogen and oxygen atoms in total. The molecule has 7 heteroatoms. The maximum Gasteiger partial charge on any atom is 0.325 e. The molecule has 1 saturated carbocycles. The average molecular weight is 289 g/mol. The molecule has 0 aromatic rings. The summed E-state index contributed by atoms with van der Waals surface area (Å²) in [5, 5.41) is 2.22. The third-order valence-corrected chi connectivity index (χ3v) is 3.98. The SMILES string of the molecule is CCOC(=O)CN1C(=O)NC(=O)C2CCC(Cl)CC21. The maximum absolute atomic E-state index is 11.8. The molecule has 3 unspecified atom stereocenters. The van der Waals surface area contributed by atoms with Crippen molar-refractivity contribution in [3.63, 3.8) is 0 Å². The zero-order chi connectivity index (χ0) is 14.0. The molecule has 2 fully saturated rings. The van der Waals surface area contributed by atoms with Gasteiger partial charge in [-0.15, -0.1) is 11.6 Å². The van der Waals surface area contributed by atoms with Gasteiger partial charge in [-0.3, -0.25) is 14.9 Å². The van der Waals surface area contributed by atoms with Gasteiger partial charge in [-0.25, -0.2) is 4.79 Å². The van der Waals surface area contributed by atoms with Gasteiger partial charge in [0.15, 0.2) is 0 Å². The van der Waals surface area contributed by atoms with Crippen molar-refractivity contribution in [1.82, 2.24) is 10.2 Å². The number of hydrogen-bond donors (Lipinski definition) is 1. The highest BCUT2D eigenvalue weighted by Gasteiger charge is 2.45. The van der Waals surface area contributed by atoms with Gasteiger partial charge in [0.05, 0.1) is 12.5 Å². The molecule has 0 aromatic carbocycles. The maximum atomic E-state index is 11.8. The van der Waals surface area contributed by atoms with Crippen LogP contribution in [-0.4, -0.2) is 47.4 Å². The number of ether oxygens (including phenoxy) is 1. The van der Waals surface area contributed by atoms with E-state index in [-0.39, 0.29) is 36.4 Å². The van der Waals surface area contributed by atoms with E-state index in [4.69, 9.17) is 16.3 Å². The molecule has 0 aromatic heterocycles. The number of amides is 3. The second-order valence-corrected chi connectivity index (χ2v) is 5.43. The number of urea groups is 1. The molecule has 2 rings (SSSR count). The molecule has 0 bridgehead atoms. The van der Waals surface area contributed by atoms with Crippen molar-refractivity contribution in [2.24, 2.45) is 5.92 Å². The topological polar surface area (TPSA) is 75.7 Å². The fraction of sp³-hybridized carbons (Fsp3) is 0.750. The first-order valence-corrected chi connectivity index (χ1v) is 6.87. The Morgan fingerprint density at radius 2 is 2.21 bits per heavy atom. The third-order valence-electron chi connectivity index (χ3n) is 3.59. The van der Waals surface area contributed by atoms with Gasteiger partial charge in [-0.05, 0) is 26.2 Å². The van der Waals surface area contributed by atoms with E-state index in [0.29, 0.717) is 12.8 Å². The average Bonchev–Trinajstić information content (AvgIpc) is 2.34. The Balaban J connectivity index is 2.12. The standard InChI is InChI=1S/C12H17ClN2O4/c1-2-19-10(16)6-15-9-5-7(13)3-4-8(9)11(17)14-12(15)18/h7-9H,2-6H2,1H3,(H,14,17,18). The predicted octanol–water partition coefficient (Wildman–Crippen LogP) is 0.877. The summed E-state index contributed by atoms with van der Waals surface area (Å²) in [5.74, 6) is -1.01. The minimum atomic E-state index is -0.537. The highest BCUT2D eigenvalue weighted by Crippen LogP contribution is 2.33. The number of nitrogens with one attached hydrogen (secondary N) is 1. The number of imide groups is 1. The zero-order valence-electron chi connectivity index (χ0n) is 10.7. The number of carbonyl (C=O) groups excluding carboxylic acids is 3. The molecule has 19 heavy (non-hydrogen) atoms. The molecule has 0 radical (unpaired) electrons. The Kier molecular flexibility index (Phi) is 4.29. The van der Waals surface area contributed by atoms with E-state index in [9.17, 15) is 14.4 Å². The van der Waals surface area contributed by atoms with Crippen LogP contribution < -0.4 is 5.32 Å². The Bertz CT molecular complexity index is 401. The summed E-state index contributed by atoms with van der Waals surface area (Å²) < 4.78 is 4.85.